The summed E-state index contributed by atoms with van der Waals surface area (Å²) < 4.78 is 2.38. The van der Waals surface area contributed by atoms with Crippen LogP contribution in [0.25, 0.3) is 0 Å². The molecule has 4 rings (SSSR count). The Hall–Kier alpha value is -1.03. The van der Waals surface area contributed by atoms with E-state index in [4.69, 9.17) is 4.98 Å². The topological polar surface area (TPSA) is 33.1 Å². The van der Waals surface area contributed by atoms with Crippen LogP contribution in [0.4, 0.5) is 5.95 Å². The molecule has 1 saturated carbocycles. The normalized spacial score (nSPS) is 31.4. The van der Waals surface area contributed by atoms with Crippen molar-refractivity contribution < 1.29 is 0 Å². The molecule has 0 spiro atoms. The highest BCUT2D eigenvalue weighted by Gasteiger charge is 2.36. The number of hydrogen-bond donors (Lipinski definition) is 1. The first kappa shape index (κ1) is 11.8. The molecular weight excluding hydrogens is 236 g/mol. The highest BCUT2D eigenvalue weighted by molar-refractivity contribution is 5.33. The summed E-state index contributed by atoms with van der Waals surface area (Å²) in [5.41, 5.74) is 1.15. The van der Waals surface area contributed by atoms with E-state index in [0.29, 0.717) is 12.1 Å². The average Bonchev–Trinajstić information content (AvgIpc) is 3.09. The van der Waals surface area contributed by atoms with Crippen molar-refractivity contribution in [3.63, 3.8) is 0 Å². The quantitative estimate of drug-likeness (QED) is 0.906. The van der Waals surface area contributed by atoms with Crippen molar-refractivity contribution in [2.75, 3.05) is 18.4 Å². The Morgan fingerprint density at radius 3 is 2.89 bits per heavy atom. The largest absolute Gasteiger partial charge is 0.351 e. The maximum Gasteiger partial charge on any atom is 0.203 e. The van der Waals surface area contributed by atoms with Crippen LogP contribution in [0.3, 0.4) is 0 Å². The summed E-state index contributed by atoms with van der Waals surface area (Å²) >= 11 is 0. The zero-order valence-electron chi connectivity index (χ0n) is 11.8. The highest BCUT2D eigenvalue weighted by Crippen LogP contribution is 2.38. The predicted molar refractivity (Wildman–Crippen MR) is 76.5 cm³/mol. The van der Waals surface area contributed by atoms with Crippen LogP contribution >= 0.6 is 0 Å². The Labute approximate surface area is 115 Å². The summed E-state index contributed by atoms with van der Waals surface area (Å²) in [4.78, 5) is 7.39. The van der Waals surface area contributed by atoms with Gasteiger partial charge in [-0.2, -0.15) is 0 Å². The fourth-order valence-corrected chi connectivity index (χ4v) is 3.84. The number of anilines is 1. The average molecular weight is 260 g/mol. The van der Waals surface area contributed by atoms with Crippen molar-refractivity contribution >= 4 is 5.95 Å². The minimum absolute atomic E-state index is 0.611. The van der Waals surface area contributed by atoms with Gasteiger partial charge in [0.05, 0.1) is 5.69 Å². The summed E-state index contributed by atoms with van der Waals surface area (Å²) in [7, 11) is 0. The van der Waals surface area contributed by atoms with Gasteiger partial charge in [0.1, 0.15) is 0 Å². The van der Waals surface area contributed by atoms with Gasteiger partial charge < -0.3 is 9.88 Å². The first-order valence-corrected chi connectivity index (χ1v) is 7.87. The van der Waals surface area contributed by atoms with Gasteiger partial charge in [-0.05, 0) is 45.6 Å². The van der Waals surface area contributed by atoms with Crippen molar-refractivity contribution in [3.8, 4) is 0 Å². The van der Waals surface area contributed by atoms with E-state index in [2.05, 4.69) is 27.9 Å². The molecule has 19 heavy (non-hydrogen) atoms. The third kappa shape index (κ3) is 2.16. The molecule has 2 saturated heterocycles. The summed E-state index contributed by atoms with van der Waals surface area (Å²) in [6, 6.07) is 2.07. The molecule has 4 heteroatoms. The summed E-state index contributed by atoms with van der Waals surface area (Å²) in [5.74, 6) is 1.12. The van der Waals surface area contributed by atoms with Crippen LogP contribution in [-0.4, -0.2) is 39.6 Å². The van der Waals surface area contributed by atoms with E-state index in [1.165, 1.54) is 51.6 Å². The SMILES string of the molecule is Cc1cn(C2CC2)c(NC2CCN3CCCCC23)n1. The number of rotatable bonds is 3. The van der Waals surface area contributed by atoms with Crippen LogP contribution < -0.4 is 5.32 Å². The van der Waals surface area contributed by atoms with Gasteiger partial charge in [-0.3, -0.25) is 4.90 Å². The van der Waals surface area contributed by atoms with Gasteiger partial charge in [0.15, 0.2) is 0 Å². The molecule has 0 amide bonds. The first-order chi connectivity index (χ1) is 9.31. The van der Waals surface area contributed by atoms with Crippen LogP contribution in [0, 0.1) is 6.92 Å². The zero-order valence-corrected chi connectivity index (χ0v) is 11.8. The molecule has 104 valence electrons. The second kappa shape index (κ2) is 4.51. The Kier molecular flexibility index (Phi) is 2.79. The third-order valence-electron chi connectivity index (χ3n) is 4.96. The molecule has 1 aromatic rings. The van der Waals surface area contributed by atoms with Crippen molar-refractivity contribution in [3.05, 3.63) is 11.9 Å². The van der Waals surface area contributed by atoms with Crippen molar-refractivity contribution in [1.82, 2.24) is 14.5 Å². The van der Waals surface area contributed by atoms with Crippen LogP contribution in [0.15, 0.2) is 6.20 Å². The van der Waals surface area contributed by atoms with Crippen molar-refractivity contribution in [2.24, 2.45) is 0 Å². The van der Waals surface area contributed by atoms with E-state index in [-0.39, 0.29) is 0 Å². The fraction of sp³-hybridized carbons (Fsp3) is 0.800. The van der Waals surface area contributed by atoms with Gasteiger partial charge in [-0.15, -0.1) is 0 Å². The van der Waals surface area contributed by atoms with E-state index >= 15 is 0 Å². The maximum absolute atomic E-state index is 4.71. The van der Waals surface area contributed by atoms with Crippen LogP contribution in [-0.2, 0) is 0 Å². The van der Waals surface area contributed by atoms with Gasteiger partial charge in [-0.25, -0.2) is 4.98 Å². The fourth-order valence-electron chi connectivity index (χ4n) is 3.84. The van der Waals surface area contributed by atoms with Crippen molar-refractivity contribution in [1.29, 1.82) is 0 Å². The van der Waals surface area contributed by atoms with E-state index < -0.39 is 0 Å². The number of aryl methyl sites for hydroxylation is 1. The second-order valence-corrected chi connectivity index (χ2v) is 6.48. The standard InChI is InChI=1S/C15H24N4/c1-11-10-19(12-5-6-12)15(16-11)17-13-7-9-18-8-3-2-4-14(13)18/h10,12-14H,2-9H2,1H3,(H,16,17). The molecule has 2 atom stereocenters. The molecular formula is C15H24N4. The van der Waals surface area contributed by atoms with Crippen LogP contribution in [0.2, 0.25) is 0 Å². The van der Waals surface area contributed by atoms with Crippen LogP contribution in [0.5, 0.6) is 0 Å². The van der Waals surface area contributed by atoms with Crippen LogP contribution in [0.1, 0.15) is 50.3 Å². The second-order valence-electron chi connectivity index (χ2n) is 6.48. The summed E-state index contributed by atoms with van der Waals surface area (Å²) in [6.45, 7) is 4.68. The van der Waals surface area contributed by atoms with E-state index in [0.717, 1.165) is 17.7 Å². The summed E-state index contributed by atoms with van der Waals surface area (Å²) in [6.07, 6.45) is 10.3. The number of aromatic nitrogens is 2. The van der Waals surface area contributed by atoms with Gasteiger partial charge in [0.25, 0.3) is 0 Å². The smallest absolute Gasteiger partial charge is 0.203 e. The minimum Gasteiger partial charge on any atom is -0.351 e. The highest BCUT2D eigenvalue weighted by atomic mass is 15.3. The van der Waals surface area contributed by atoms with Gasteiger partial charge >= 0.3 is 0 Å². The molecule has 1 aliphatic carbocycles. The summed E-state index contributed by atoms with van der Waals surface area (Å²) in [5, 5.41) is 3.76. The Balaban J connectivity index is 1.51. The number of nitrogens with one attached hydrogen (secondary N) is 1. The van der Waals surface area contributed by atoms with Gasteiger partial charge in [-0.1, -0.05) is 6.42 Å². The Morgan fingerprint density at radius 1 is 1.16 bits per heavy atom. The van der Waals surface area contributed by atoms with E-state index in [1.807, 2.05) is 0 Å². The molecule has 3 aliphatic rings. The zero-order chi connectivity index (χ0) is 12.8. The molecule has 2 aliphatic heterocycles. The minimum atomic E-state index is 0.611. The lowest BCUT2D eigenvalue weighted by atomic mass is 9.99. The van der Waals surface area contributed by atoms with Gasteiger partial charge in [0.2, 0.25) is 5.95 Å². The number of imidazole rings is 1. The lowest BCUT2D eigenvalue weighted by molar-refractivity contribution is 0.192. The van der Waals surface area contributed by atoms with E-state index in [1.54, 1.807) is 0 Å². The molecule has 2 unspecified atom stereocenters. The van der Waals surface area contributed by atoms with Gasteiger partial charge in [0, 0.05) is 30.9 Å². The number of fused-ring (bicyclic) bond motifs is 1. The molecule has 4 nitrogen and oxygen atoms in total. The molecule has 0 aromatic carbocycles. The molecule has 0 bridgehead atoms. The number of hydrogen-bond acceptors (Lipinski definition) is 3. The molecule has 3 fully saturated rings. The molecule has 3 heterocycles. The molecule has 0 radical (unpaired) electrons. The number of piperidine rings is 1. The Bertz CT molecular complexity index is 463. The first-order valence-electron chi connectivity index (χ1n) is 7.87. The Morgan fingerprint density at radius 2 is 2.05 bits per heavy atom. The molecule has 1 N–H and O–H groups in total. The third-order valence-corrected chi connectivity index (χ3v) is 4.96. The lowest BCUT2D eigenvalue weighted by Crippen LogP contribution is -2.42. The van der Waals surface area contributed by atoms with Crippen molar-refractivity contribution in [2.45, 2.75) is 63.6 Å². The monoisotopic (exact) mass is 260 g/mol. The number of nitrogens with zero attached hydrogens (tertiary/aromatic N) is 3. The molecule has 1 aromatic heterocycles. The van der Waals surface area contributed by atoms with E-state index in [9.17, 15) is 0 Å². The lowest BCUT2D eigenvalue weighted by Gasteiger charge is -2.32. The maximum atomic E-state index is 4.71. The predicted octanol–water partition coefficient (Wildman–Crippen LogP) is 2.57.